The van der Waals surface area contributed by atoms with Crippen LogP contribution in [0.1, 0.15) is 38.5 Å². The van der Waals surface area contributed by atoms with Crippen LogP contribution in [0.5, 0.6) is 0 Å². The van der Waals surface area contributed by atoms with E-state index in [9.17, 15) is 9.59 Å². The average molecular weight is 269 g/mol. The second kappa shape index (κ2) is 6.89. The first-order valence-corrected chi connectivity index (χ1v) is 7.18. The maximum Gasteiger partial charge on any atom is 0.308 e. The van der Waals surface area contributed by atoms with Crippen LogP contribution in [-0.4, -0.2) is 49.7 Å². The lowest BCUT2D eigenvalue weighted by molar-refractivity contribution is -0.148. The summed E-state index contributed by atoms with van der Waals surface area (Å²) in [4.78, 5) is 25.1. The Labute approximate surface area is 114 Å². The van der Waals surface area contributed by atoms with Crippen molar-refractivity contribution >= 4 is 11.9 Å². The Hall–Kier alpha value is -1.10. The van der Waals surface area contributed by atoms with E-state index in [0.717, 1.165) is 51.6 Å². The number of rotatable bonds is 4. The third kappa shape index (κ3) is 3.93. The number of amides is 1. The normalized spacial score (nSPS) is 27.3. The number of esters is 1. The molecule has 0 aromatic heterocycles. The molecule has 1 aliphatic carbocycles. The molecule has 0 aromatic carbocycles. The van der Waals surface area contributed by atoms with Crippen molar-refractivity contribution in [3.05, 3.63) is 0 Å². The van der Waals surface area contributed by atoms with Gasteiger partial charge in [0.1, 0.15) is 6.61 Å². The summed E-state index contributed by atoms with van der Waals surface area (Å²) in [5.41, 5.74) is 0. The average Bonchev–Trinajstić information content (AvgIpc) is 2.98. The molecule has 0 spiro atoms. The monoisotopic (exact) mass is 269 g/mol. The molecule has 1 heterocycles. The molecule has 1 saturated heterocycles. The van der Waals surface area contributed by atoms with Crippen molar-refractivity contribution in [2.45, 2.75) is 44.6 Å². The van der Waals surface area contributed by atoms with Crippen molar-refractivity contribution in [2.75, 3.05) is 26.8 Å². The molecule has 0 aromatic rings. The number of carbonyl (C=O) groups excluding carboxylic acids is 2. The van der Waals surface area contributed by atoms with E-state index in [-0.39, 0.29) is 30.5 Å². The zero-order chi connectivity index (χ0) is 13.7. The van der Waals surface area contributed by atoms with Crippen LogP contribution >= 0.6 is 0 Å². The Morgan fingerprint density at radius 1 is 1.11 bits per heavy atom. The zero-order valence-corrected chi connectivity index (χ0v) is 11.6. The highest BCUT2D eigenvalue weighted by Gasteiger charge is 2.28. The molecule has 1 amide bonds. The third-order valence-corrected chi connectivity index (χ3v) is 4.11. The van der Waals surface area contributed by atoms with Crippen LogP contribution in [0.15, 0.2) is 0 Å². The van der Waals surface area contributed by atoms with Crippen LogP contribution in [0.2, 0.25) is 0 Å². The highest BCUT2D eigenvalue weighted by atomic mass is 16.5. The molecule has 0 unspecified atom stereocenters. The molecule has 5 nitrogen and oxygen atoms in total. The van der Waals surface area contributed by atoms with Gasteiger partial charge in [-0.15, -0.1) is 0 Å². The highest BCUT2D eigenvalue weighted by molar-refractivity contribution is 5.77. The summed E-state index contributed by atoms with van der Waals surface area (Å²) in [6.45, 7) is 1.93. The molecule has 0 bridgehead atoms. The van der Waals surface area contributed by atoms with Crippen molar-refractivity contribution < 1.29 is 19.1 Å². The van der Waals surface area contributed by atoms with Gasteiger partial charge in [-0.2, -0.15) is 0 Å². The number of hydrogen-bond donors (Lipinski definition) is 0. The molecule has 1 saturated carbocycles. The van der Waals surface area contributed by atoms with Gasteiger partial charge in [0.05, 0.1) is 19.1 Å². The van der Waals surface area contributed by atoms with Crippen molar-refractivity contribution in [1.82, 2.24) is 4.90 Å². The lowest BCUT2D eigenvalue weighted by atomic mass is 9.87. The van der Waals surface area contributed by atoms with Crippen LogP contribution in [0.25, 0.3) is 0 Å². The SMILES string of the molecule is COC(=O)C1CCC(OCC(=O)N2CCCC2)CC1. The van der Waals surface area contributed by atoms with Crippen LogP contribution in [0, 0.1) is 5.92 Å². The molecular formula is C14H23NO4. The van der Waals surface area contributed by atoms with E-state index in [1.807, 2.05) is 4.90 Å². The summed E-state index contributed by atoms with van der Waals surface area (Å²) in [7, 11) is 1.43. The first-order valence-electron chi connectivity index (χ1n) is 7.18. The zero-order valence-electron chi connectivity index (χ0n) is 11.6. The fourth-order valence-electron chi connectivity index (χ4n) is 2.88. The minimum Gasteiger partial charge on any atom is -0.469 e. The quantitative estimate of drug-likeness (QED) is 0.723. The highest BCUT2D eigenvalue weighted by Crippen LogP contribution is 2.27. The van der Waals surface area contributed by atoms with E-state index in [1.165, 1.54) is 7.11 Å². The van der Waals surface area contributed by atoms with Crippen molar-refractivity contribution in [3.8, 4) is 0 Å². The van der Waals surface area contributed by atoms with Gasteiger partial charge >= 0.3 is 5.97 Å². The Balaban J connectivity index is 1.65. The standard InChI is InChI=1S/C14H23NO4/c1-18-14(17)11-4-6-12(7-5-11)19-10-13(16)15-8-2-3-9-15/h11-12H,2-10H2,1H3. The predicted molar refractivity (Wildman–Crippen MR) is 69.5 cm³/mol. The van der Waals surface area contributed by atoms with E-state index in [1.54, 1.807) is 0 Å². The van der Waals surface area contributed by atoms with Gasteiger partial charge in [-0.25, -0.2) is 0 Å². The number of nitrogens with zero attached hydrogens (tertiary/aromatic N) is 1. The maximum absolute atomic E-state index is 11.8. The number of hydrogen-bond acceptors (Lipinski definition) is 4. The minimum atomic E-state index is -0.119. The number of likely N-dealkylation sites (tertiary alicyclic amines) is 1. The first-order chi connectivity index (χ1) is 9.20. The van der Waals surface area contributed by atoms with E-state index in [4.69, 9.17) is 9.47 Å². The molecule has 0 atom stereocenters. The first kappa shape index (κ1) is 14.3. The van der Waals surface area contributed by atoms with Gasteiger partial charge < -0.3 is 14.4 Å². The number of ether oxygens (including phenoxy) is 2. The van der Waals surface area contributed by atoms with Crippen LogP contribution in [0.4, 0.5) is 0 Å². The Kier molecular flexibility index (Phi) is 5.19. The van der Waals surface area contributed by atoms with Gasteiger partial charge in [-0.1, -0.05) is 0 Å². The minimum absolute atomic E-state index is 0.0131. The fraction of sp³-hybridized carbons (Fsp3) is 0.857. The van der Waals surface area contributed by atoms with Gasteiger partial charge in [0.15, 0.2) is 0 Å². The molecular weight excluding hydrogens is 246 g/mol. The molecule has 108 valence electrons. The van der Waals surface area contributed by atoms with Crippen molar-refractivity contribution in [1.29, 1.82) is 0 Å². The van der Waals surface area contributed by atoms with Gasteiger partial charge in [-0.05, 0) is 38.5 Å². The Morgan fingerprint density at radius 2 is 1.74 bits per heavy atom. The summed E-state index contributed by atoms with van der Waals surface area (Å²) >= 11 is 0. The molecule has 19 heavy (non-hydrogen) atoms. The molecule has 1 aliphatic heterocycles. The van der Waals surface area contributed by atoms with Crippen molar-refractivity contribution in [2.24, 2.45) is 5.92 Å². The summed E-state index contributed by atoms with van der Waals surface area (Å²) in [6, 6.07) is 0. The van der Waals surface area contributed by atoms with Crippen LogP contribution in [0.3, 0.4) is 0 Å². The largest absolute Gasteiger partial charge is 0.469 e. The van der Waals surface area contributed by atoms with E-state index in [0.29, 0.717) is 0 Å². The lowest BCUT2D eigenvalue weighted by Crippen LogP contribution is -2.34. The van der Waals surface area contributed by atoms with Gasteiger partial charge in [-0.3, -0.25) is 9.59 Å². The van der Waals surface area contributed by atoms with Gasteiger partial charge in [0.2, 0.25) is 5.91 Å². The van der Waals surface area contributed by atoms with Crippen molar-refractivity contribution in [3.63, 3.8) is 0 Å². The Bertz CT molecular complexity index is 317. The molecule has 5 heteroatoms. The van der Waals surface area contributed by atoms with E-state index >= 15 is 0 Å². The number of methoxy groups -OCH3 is 1. The summed E-state index contributed by atoms with van der Waals surface area (Å²) in [5.74, 6) is -0.00156. The van der Waals surface area contributed by atoms with Crippen LogP contribution in [-0.2, 0) is 19.1 Å². The Morgan fingerprint density at radius 3 is 2.32 bits per heavy atom. The maximum atomic E-state index is 11.8. The second-order valence-corrected chi connectivity index (χ2v) is 5.40. The number of carbonyl (C=O) groups is 2. The van der Waals surface area contributed by atoms with Gasteiger partial charge in [0, 0.05) is 13.1 Å². The molecule has 0 N–H and O–H groups in total. The summed E-state index contributed by atoms with van der Waals surface area (Å²) in [6.07, 6.45) is 5.61. The van der Waals surface area contributed by atoms with E-state index < -0.39 is 0 Å². The fourth-order valence-corrected chi connectivity index (χ4v) is 2.88. The summed E-state index contributed by atoms with van der Waals surface area (Å²) < 4.78 is 10.4. The van der Waals surface area contributed by atoms with Gasteiger partial charge in [0.25, 0.3) is 0 Å². The van der Waals surface area contributed by atoms with Crippen LogP contribution < -0.4 is 0 Å². The van der Waals surface area contributed by atoms with E-state index in [2.05, 4.69) is 0 Å². The topological polar surface area (TPSA) is 55.8 Å². The smallest absolute Gasteiger partial charge is 0.308 e. The predicted octanol–water partition coefficient (Wildman–Crippen LogP) is 1.36. The molecule has 2 rings (SSSR count). The molecule has 2 aliphatic rings. The molecule has 2 fully saturated rings. The third-order valence-electron chi connectivity index (χ3n) is 4.11. The molecule has 0 radical (unpaired) electrons. The summed E-state index contributed by atoms with van der Waals surface area (Å²) in [5, 5.41) is 0. The second-order valence-electron chi connectivity index (χ2n) is 5.40. The lowest BCUT2D eigenvalue weighted by Gasteiger charge is -2.27.